The molecule has 3 nitrogen and oxygen atoms in total. The Hall–Kier alpha value is -1.60. The Morgan fingerprint density at radius 1 is 1.25 bits per heavy atom. The molecule has 1 heterocycles. The van der Waals surface area contributed by atoms with Gasteiger partial charge in [-0.15, -0.1) is 0 Å². The van der Waals surface area contributed by atoms with Crippen LogP contribution < -0.4 is 10.2 Å². The molecule has 0 spiro atoms. The summed E-state index contributed by atoms with van der Waals surface area (Å²) in [4.78, 5) is 2.09. The average Bonchev–Trinajstić information content (AvgIpc) is 3.30. The van der Waals surface area contributed by atoms with Gasteiger partial charge in [0, 0.05) is 19.1 Å². The zero-order valence-corrected chi connectivity index (χ0v) is 11.6. The van der Waals surface area contributed by atoms with E-state index in [0.717, 1.165) is 38.4 Å². The van der Waals surface area contributed by atoms with Crippen molar-refractivity contribution in [2.24, 2.45) is 5.92 Å². The normalized spacial score (nSPS) is 19.9. The Morgan fingerprint density at radius 2 is 2.00 bits per heavy atom. The second-order valence-corrected chi connectivity index (χ2v) is 5.89. The highest BCUT2D eigenvalue weighted by Crippen LogP contribution is 2.28. The zero-order valence-electron chi connectivity index (χ0n) is 11.6. The molecule has 4 heteroatoms. The van der Waals surface area contributed by atoms with Gasteiger partial charge in [-0.05, 0) is 56.3 Å². The van der Waals surface area contributed by atoms with Crippen LogP contribution in [0.5, 0.6) is 0 Å². The van der Waals surface area contributed by atoms with E-state index in [4.69, 9.17) is 5.26 Å². The fourth-order valence-electron chi connectivity index (χ4n) is 2.81. The van der Waals surface area contributed by atoms with Crippen molar-refractivity contribution in [3.05, 3.63) is 29.6 Å². The van der Waals surface area contributed by atoms with Crippen molar-refractivity contribution >= 4 is 5.69 Å². The summed E-state index contributed by atoms with van der Waals surface area (Å²) in [5.74, 6) is 0.623. The lowest BCUT2D eigenvalue weighted by molar-refractivity contribution is 0.406. The first-order chi connectivity index (χ1) is 9.76. The van der Waals surface area contributed by atoms with Gasteiger partial charge in [0.1, 0.15) is 5.82 Å². The number of hydrogen-bond donors (Lipinski definition) is 1. The average molecular weight is 273 g/mol. The van der Waals surface area contributed by atoms with Gasteiger partial charge in [-0.25, -0.2) is 4.39 Å². The number of piperidine rings is 1. The minimum Gasteiger partial charge on any atom is -0.369 e. The second-order valence-electron chi connectivity index (χ2n) is 5.89. The lowest BCUT2D eigenvalue weighted by atomic mass is 10.0. The van der Waals surface area contributed by atoms with E-state index in [9.17, 15) is 4.39 Å². The van der Waals surface area contributed by atoms with Crippen LogP contribution in [0.2, 0.25) is 0 Å². The van der Waals surface area contributed by atoms with Crippen LogP contribution in [0.4, 0.5) is 10.1 Å². The number of nitrogens with one attached hydrogen (secondary N) is 1. The first kappa shape index (κ1) is 13.4. The quantitative estimate of drug-likeness (QED) is 0.916. The topological polar surface area (TPSA) is 39.1 Å². The van der Waals surface area contributed by atoms with E-state index in [2.05, 4.69) is 10.2 Å². The van der Waals surface area contributed by atoms with E-state index < -0.39 is 0 Å². The fourth-order valence-corrected chi connectivity index (χ4v) is 2.81. The van der Waals surface area contributed by atoms with Gasteiger partial charge in [0.15, 0.2) is 0 Å². The summed E-state index contributed by atoms with van der Waals surface area (Å²) < 4.78 is 14.0. The molecule has 1 N–H and O–H groups in total. The first-order valence-electron chi connectivity index (χ1n) is 7.44. The number of hydrogen-bond acceptors (Lipinski definition) is 3. The maximum Gasteiger partial charge on any atom is 0.147 e. The summed E-state index contributed by atoms with van der Waals surface area (Å²) in [6, 6.07) is 7.29. The van der Waals surface area contributed by atoms with Crippen molar-refractivity contribution in [2.75, 3.05) is 24.5 Å². The molecule has 1 aliphatic heterocycles. The van der Waals surface area contributed by atoms with Crippen LogP contribution in [-0.2, 0) is 0 Å². The van der Waals surface area contributed by atoms with Gasteiger partial charge in [0.2, 0.25) is 0 Å². The molecule has 3 rings (SSSR count). The van der Waals surface area contributed by atoms with Gasteiger partial charge >= 0.3 is 0 Å². The molecule has 1 saturated heterocycles. The van der Waals surface area contributed by atoms with Gasteiger partial charge < -0.3 is 10.2 Å². The maximum atomic E-state index is 14.0. The number of rotatable bonds is 4. The number of nitriles is 1. The molecule has 1 aliphatic carbocycles. The van der Waals surface area contributed by atoms with E-state index >= 15 is 0 Å². The molecule has 2 aliphatic rings. The Balaban J connectivity index is 1.55. The molecule has 1 aromatic rings. The van der Waals surface area contributed by atoms with Gasteiger partial charge in [-0.2, -0.15) is 5.26 Å². The molecule has 0 atom stereocenters. The lowest BCUT2D eigenvalue weighted by Gasteiger charge is -2.34. The molecule has 0 aromatic heterocycles. The van der Waals surface area contributed by atoms with Gasteiger partial charge in [-0.3, -0.25) is 0 Å². The summed E-state index contributed by atoms with van der Waals surface area (Å²) >= 11 is 0. The molecule has 1 saturated carbocycles. The lowest BCUT2D eigenvalue weighted by Crippen LogP contribution is -2.43. The number of halogens is 1. The molecule has 1 aromatic carbocycles. The van der Waals surface area contributed by atoms with Crippen LogP contribution >= 0.6 is 0 Å². The first-order valence-corrected chi connectivity index (χ1v) is 7.44. The minimum absolute atomic E-state index is 0.284. The molecule has 0 bridgehead atoms. The van der Waals surface area contributed by atoms with E-state index in [1.54, 1.807) is 12.1 Å². The summed E-state index contributed by atoms with van der Waals surface area (Å²) in [6.45, 7) is 2.91. The molecular weight excluding hydrogens is 253 g/mol. The van der Waals surface area contributed by atoms with E-state index in [0.29, 0.717) is 17.3 Å². The Labute approximate surface area is 119 Å². The van der Waals surface area contributed by atoms with Crippen LogP contribution in [0.15, 0.2) is 18.2 Å². The van der Waals surface area contributed by atoms with Crippen LogP contribution in [0.25, 0.3) is 0 Å². The van der Waals surface area contributed by atoms with Crippen LogP contribution in [-0.4, -0.2) is 25.7 Å². The van der Waals surface area contributed by atoms with Crippen molar-refractivity contribution in [3.8, 4) is 6.07 Å². The predicted molar refractivity (Wildman–Crippen MR) is 77.1 cm³/mol. The zero-order chi connectivity index (χ0) is 13.9. The molecule has 0 unspecified atom stereocenters. The predicted octanol–water partition coefficient (Wildman–Crippen LogP) is 2.67. The smallest absolute Gasteiger partial charge is 0.147 e. The third-order valence-corrected chi connectivity index (χ3v) is 4.30. The van der Waals surface area contributed by atoms with E-state index in [-0.39, 0.29) is 5.82 Å². The highest BCUT2D eigenvalue weighted by Gasteiger charge is 2.25. The van der Waals surface area contributed by atoms with Gasteiger partial charge in [-0.1, -0.05) is 0 Å². The van der Waals surface area contributed by atoms with Gasteiger partial charge in [0.05, 0.1) is 17.3 Å². The number of anilines is 1. The standard InChI is InChI=1S/C16H20FN3/c17-15-9-13(10-18)3-4-16(15)20-7-5-14(6-8-20)19-11-12-1-2-12/h3-4,9,12,14,19H,1-2,5-8,11H2. The fraction of sp³-hybridized carbons (Fsp3) is 0.562. The van der Waals surface area contributed by atoms with Crippen LogP contribution in [0.3, 0.4) is 0 Å². The SMILES string of the molecule is N#Cc1ccc(N2CCC(NCC3CC3)CC2)c(F)c1. The number of benzene rings is 1. The Bertz CT molecular complexity index is 511. The van der Waals surface area contributed by atoms with E-state index in [1.807, 2.05) is 6.07 Å². The second kappa shape index (κ2) is 5.80. The van der Waals surface area contributed by atoms with E-state index in [1.165, 1.54) is 18.9 Å². The van der Waals surface area contributed by atoms with Crippen molar-refractivity contribution < 1.29 is 4.39 Å². The highest BCUT2D eigenvalue weighted by atomic mass is 19.1. The molecular formula is C16H20FN3. The highest BCUT2D eigenvalue weighted by molar-refractivity contribution is 5.51. The summed E-state index contributed by atoms with van der Waals surface area (Å²) in [5, 5.41) is 12.4. The molecule has 106 valence electrons. The van der Waals surface area contributed by atoms with Crippen molar-refractivity contribution in [3.63, 3.8) is 0 Å². The molecule has 0 radical (unpaired) electrons. The van der Waals surface area contributed by atoms with Crippen molar-refractivity contribution in [1.29, 1.82) is 5.26 Å². The molecule has 2 fully saturated rings. The molecule has 20 heavy (non-hydrogen) atoms. The van der Waals surface area contributed by atoms with Crippen LogP contribution in [0, 0.1) is 23.1 Å². The molecule has 0 amide bonds. The minimum atomic E-state index is -0.284. The third kappa shape index (κ3) is 3.10. The van der Waals surface area contributed by atoms with Gasteiger partial charge in [0.25, 0.3) is 0 Å². The number of nitrogens with zero attached hydrogens (tertiary/aromatic N) is 2. The summed E-state index contributed by atoms with van der Waals surface area (Å²) in [6.07, 6.45) is 4.88. The Morgan fingerprint density at radius 3 is 2.60 bits per heavy atom. The maximum absolute atomic E-state index is 14.0. The third-order valence-electron chi connectivity index (χ3n) is 4.30. The summed E-state index contributed by atoms with van der Waals surface area (Å²) in [5.41, 5.74) is 1.01. The monoisotopic (exact) mass is 273 g/mol. The Kier molecular flexibility index (Phi) is 3.88. The van der Waals surface area contributed by atoms with Crippen molar-refractivity contribution in [2.45, 2.75) is 31.7 Å². The largest absolute Gasteiger partial charge is 0.369 e. The van der Waals surface area contributed by atoms with Crippen LogP contribution in [0.1, 0.15) is 31.2 Å². The van der Waals surface area contributed by atoms with Crippen molar-refractivity contribution in [1.82, 2.24) is 5.32 Å². The summed E-state index contributed by atoms with van der Waals surface area (Å²) in [7, 11) is 0.